The Morgan fingerprint density at radius 1 is 1.13 bits per heavy atom. The second kappa shape index (κ2) is 6.19. The van der Waals surface area contributed by atoms with Gasteiger partial charge in [-0.15, -0.1) is 0 Å². The van der Waals surface area contributed by atoms with Gasteiger partial charge >= 0.3 is 0 Å². The van der Waals surface area contributed by atoms with E-state index < -0.39 is 0 Å². The van der Waals surface area contributed by atoms with E-state index in [2.05, 4.69) is 15.5 Å². The van der Waals surface area contributed by atoms with Crippen LogP contribution >= 0.6 is 0 Å². The van der Waals surface area contributed by atoms with Crippen LogP contribution in [0.15, 0.2) is 30.3 Å². The van der Waals surface area contributed by atoms with E-state index >= 15 is 0 Å². The first-order valence-corrected chi connectivity index (χ1v) is 8.75. The first-order valence-electron chi connectivity index (χ1n) is 8.75. The molecule has 120 valence electrons. The molecule has 0 saturated heterocycles. The molecule has 1 amide bonds. The molecule has 1 aromatic carbocycles. The molecule has 4 heteroatoms. The number of hydrogen-bond acceptors (Lipinski definition) is 2. The number of aromatic amines is 1. The fraction of sp³-hybridized carbons (Fsp3) is 0.474. The zero-order chi connectivity index (χ0) is 15.6. The number of nitrogens with zero attached hydrogens (tertiary/aromatic N) is 1. The van der Waals surface area contributed by atoms with Crippen LogP contribution in [0.5, 0.6) is 0 Å². The van der Waals surface area contributed by atoms with E-state index in [1.165, 1.54) is 38.5 Å². The van der Waals surface area contributed by atoms with Gasteiger partial charge in [0.2, 0.25) is 5.91 Å². The molecule has 0 spiro atoms. The minimum absolute atomic E-state index is 0.136. The Morgan fingerprint density at radius 2 is 1.87 bits per heavy atom. The van der Waals surface area contributed by atoms with Gasteiger partial charge in [0.25, 0.3) is 0 Å². The molecular weight excluding hydrogens is 286 g/mol. The average molecular weight is 309 g/mol. The smallest absolute Gasteiger partial charge is 0.224 e. The van der Waals surface area contributed by atoms with Crippen LogP contribution in [-0.2, 0) is 4.79 Å². The maximum Gasteiger partial charge on any atom is 0.224 e. The highest BCUT2D eigenvalue weighted by atomic mass is 16.1. The minimum Gasteiger partial charge on any atom is -0.323 e. The van der Waals surface area contributed by atoms with Crippen LogP contribution in [0, 0.1) is 5.92 Å². The van der Waals surface area contributed by atoms with Gasteiger partial charge in [0, 0.05) is 17.9 Å². The van der Waals surface area contributed by atoms with Crippen molar-refractivity contribution < 1.29 is 4.79 Å². The summed E-state index contributed by atoms with van der Waals surface area (Å²) in [7, 11) is 0. The number of rotatable bonds is 5. The van der Waals surface area contributed by atoms with Crippen molar-refractivity contribution in [3.8, 4) is 11.3 Å². The molecule has 0 aliphatic heterocycles. The third-order valence-electron chi connectivity index (χ3n) is 5.04. The van der Waals surface area contributed by atoms with E-state index in [1.54, 1.807) is 0 Å². The van der Waals surface area contributed by atoms with Crippen LogP contribution in [0.3, 0.4) is 0 Å². The third kappa shape index (κ3) is 3.16. The molecule has 2 aromatic rings. The van der Waals surface area contributed by atoms with Gasteiger partial charge in [0.15, 0.2) is 0 Å². The number of carbonyl (C=O) groups excluding carboxylic acids is 1. The Morgan fingerprint density at radius 3 is 2.57 bits per heavy atom. The largest absolute Gasteiger partial charge is 0.323 e. The molecule has 4 nitrogen and oxygen atoms in total. The van der Waals surface area contributed by atoms with Crippen LogP contribution in [0.2, 0.25) is 0 Å². The molecule has 0 atom stereocenters. The fourth-order valence-electron chi connectivity index (χ4n) is 3.62. The maximum atomic E-state index is 12.5. The molecule has 0 radical (unpaired) electrons. The molecule has 23 heavy (non-hydrogen) atoms. The lowest BCUT2D eigenvalue weighted by Crippen LogP contribution is -2.16. The third-order valence-corrected chi connectivity index (χ3v) is 5.04. The lowest BCUT2D eigenvalue weighted by atomic mass is 10.0. The summed E-state index contributed by atoms with van der Waals surface area (Å²) in [6.07, 6.45) is 7.94. The summed E-state index contributed by atoms with van der Waals surface area (Å²) in [4.78, 5) is 12.5. The summed E-state index contributed by atoms with van der Waals surface area (Å²) < 4.78 is 0. The fourth-order valence-corrected chi connectivity index (χ4v) is 3.62. The molecule has 0 unspecified atom stereocenters. The average Bonchev–Trinajstić information content (AvgIpc) is 3.12. The number of benzene rings is 1. The number of H-pyrrole nitrogens is 1. The minimum atomic E-state index is 0.136. The van der Waals surface area contributed by atoms with E-state index in [0.29, 0.717) is 18.3 Å². The Bertz CT molecular complexity index is 682. The number of aromatic nitrogens is 2. The van der Waals surface area contributed by atoms with E-state index in [9.17, 15) is 4.79 Å². The zero-order valence-electron chi connectivity index (χ0n) is 13.3. The van der Waals surface area contributed by atoms with Gasteiger partial charge < -0.3 is 5.32 Å². The topological polar surface area (TPSA) is 57.8 Å². The molecular formula is C19H23N3O. The maximum absolute atomic E-state index is 12.5. The molecule has 2 N–H and O–H groups in total. The summed E-state index contributed by atoms with van der Waals surface area (Å²) >= 11 is 0. The van der Waals surface area contributed by atoms with Crippen LogP contribution < -0.4 is 5.32 Å². The molecule has 1 heterocycles. The number of amides is 1. The predicted molar refractivity (Wildman–Crippen MR) is 91.2 cm³/mol. The summed E-state index contributed by atoms with van der Waals surface area (Å²) in [6, 6.07) is 10.1. The van der Waals surface area contributed by atoms with E-state index in [0.717, 1.165) is 22.6 Å². The Kier molecular flexibility index (Phi) is 3.90. The zero-order valence-corrected chi connectivity index (χ0v) is 13.3. The van der Waals surface area contributed by atoms with Crippen LogP contribution in [0.25, 0.3) is 11.3 Å². The quantitative estimate of drug-likeness (QED) is 0.856. The second-order valence-corrected chi connectivity index (χ2v) is 6.90. The predicted octanol–water partition coefficient (Wildman–Crippen LogP) is 4.47. The highest BCUT2D eigenvalue weighted by molar-refractivity contribution is 5.95. The highest BCUT2D eigenvalue weighted by Gasteiger charge is 2.31. The Labute approximate surface area is 136 Å². The van der Waals surface area contributed by atoms with Crippen molar-refractivity contribution in [3.05, 3.63) is 36.0 Å². The Hall–Kier alpha value is -2.10. The van der Waals surface area contributed by atoms with Gasteiger partial charge in [0.1, 0.15) is 5.69 Å². The van der Waals surface area contributed by atoms with Crippen molar-refractivity contribution in [2.45, 2.75) is 50.9 Å². The van der Waals surface area contributed by atoms with E-state index in [-0.39, 0.29) is 5.91 Å². The number of carbonyl (C=O) groups is 1. The van der Waals surface area contributed by atoms with Crippen molar-refractivity contribution in [1.29, 1.82) is 0 Å². The van der Waals surface area contributed by atoms with E-state index in [1.807, 2.05) is 30.3 Å². The molecule has 2 aliphatic rings. The van der Waals surface area contributed by atoms with Gasteiger partial charge in [-0.25, -0.2) is 0 Å². The molecule has 1 aromatic heterocycles. The van der Waals surface area contributed by atoms with Crippen molar-refractivity contribution in [1.82, 2.24) is 10.2 Å². The van der Waals surface area contributed by atoms with Crippen molar-refractivity contribution in [2.24, 2.45) is 5.92 Å². The normalized spacial score (nSPS) is 18.3. The summed E-state index contributed by atoms with van der Waals surface area (Å²) in [6.45, 7) is 0. The Balaban J connectivity index is 1.58. The van der Waals surface area contributed by atoms with Crippen LogP contribution in [0.1, 0.15) is 56.6 Å². The second-order valence-electron chi connectivity index (χ2n) is 6.90. The van der Waals surface area contributed by atoms with Crippen LogP contribution in [0.4, 0.5) is 5.69 Å². The SMILES string of the molecule is O=C(CC1CCCC1)Nc1c(-c2ccccc2)n[nH]c1C1CC1. The van der Waals surface area contributed by atoms with Crippen molar-refractivity contribution in [2.75, 3.05) is 5.32 Å². The van der Waals surface area contributed by atoms with E-state index in [4.69, 9.17) is 0 Å². The van der Waals surface area contributed by atoms with Gasteiger partial charge in [-0.2, -0.15) is 5.10 Å². The van der Waals surface area contributed by atoms with Gasteiger partial charge in [-0.3, -0.25) is 9.89 Å². The van der Waals surface area contributed by atoms with Crippen molar-refractivity contribution >= 4 is 11.6 Å². The molecule has 2 aliphatic carbocycles. The van der Waals surface area contributed by atoms with Gasteiger partial charge in [0.05, 0.1) is 11.4 Å². The summed E-state index contributed by atoms with van der Waals surface area (Å²) in [5.41, 5.74) is 3.92. The summed E-state index contributed by atoms with van der Waals surface area (Å²) in [5.74, 6) is 1.23. The first-order chi connectivity index (χ1) is 11.3. The standard InChI is InChI=1S/C19H23N3O/c23-16(12-13-6-4-5-7-13)20-19-17(14-8-2-1-3-9-14)21-22-18(19)15-10-11-15/h1-3,8-9,13,15H,4-7,10-12H2,(H,20,23)(H,21,22). The number of hydrogen-bond donors (Lipinski definition) is 2. The van der Waals surface area contributed by atoms with Crippen molar-refractivity contribution in [3.63, 3.8) is 0 Å². The number of anilines is 1. The molecule has 0 bridgehead atoms. The monoisotopic (exact) mass is 309 g/mol. The van der Waals surface area contributed by atoms with Gasteiger partial charge in [-0.05, 0) is 31.6 Å². The number of nitrogens with one attached hydrogen (secondary N) is 2. The lowest BCUT2D eigenvalue weighted by molar-refractivity contribution is -0.117. The first kappa shape index (κ1) is 14.5. The van der Waals surface area contributed by atoms with Crippen LogP contribution in [-0.4, -0.2) is 16.1 Å². The molecule has 2 fully saturated rings. The molecule has 2 saturated carbocycles. The van der Waals surface area contributed by atoms with Gasteiger partial charge in [-0.1, -0.05) is 43.2 Å². The molecule has 4 rings (SSSR count). The highest BCUT2D eigenvalue weighted by Crippen LogP contribution is 2.45. The lowest BCUT2D eigenvalue weighted by Gasteiger charge is -2.11. The summed E-state index contributed by atoms with van der Waals surface area (Å²) in [5, 5.41) is 10.8.